The third kappa shape index (κ3) is 4.04. The summed E-state index contributed by atoms with van der Waals surface area (Å²) in [5, 5.41) is 0. The van der Waals surface area contributed by atoms with Crippen molar-refractivity contribution in [2.24, 2.45) is 0 Å². The number of benzene rings is 1. The minimum Gasteiger partial charge on any atom is -0.366 e. The molecule has 6 nitrogen and oxygen atoms in total. The lowest BCUT2D eigenvalue weighted by molar-refractivity contribution is 0.270. The van der Waals surface area contributed by atoms with E-state index in [1.54, 1.807) is 6.07 Å². The third-order valence-electron chi connectivity index (χ3n) is 5.73. The molecule has 0 amide bonds. The second-order valence-corrected chi connectivity index (χ2v) is 7.51. The highest BCUT2D eigenvalue weighted by atomic mass is 19.1. The van der Waals surface area contributed by atoms with Gasteiger partial charge in [0.1, 0.15) is 11.6 Å². The molecule has 2 saturated heterocycles. The molecule has 0 bridgehead atoms. The minimum atomic E-state index is -0.156. The molecule has 3 heterocycles. The molecule has 0 radical (unpaired) electrons. The standard InChI is InChI=1S/C21H29FN6/c1-3-25-8-10-27(11-9-25)20-16-17(2)23-21(24-20)28-14-12-26(13-15-28)19-7-5-4-6-18(19)22/h4-7,16H,3,8-15H2,1-2H3. The summed E-state index contributed by atoms with van der Waals surface area (Å²) in [6, 6.07) is 9.08. The van der Waals surface area contributed by atoms with Gasteiger partial charge in [-0.2, -0.15) is 4.98 Å². The molecule has 7 heteroatoms. The van der Waals surface area contributed by atoms with Crippen LogP contribution in [0.3, 0.4) is 0 Å². The molecule has 2 aliphatic rings. The molecule has 1 aromatic carbocycles. The van der Waals surface area contributed by atoms with Crippen LogP contribution in [0.5, 0.6) is 0 Å². The molecule has 1 aromatic heterocycles. The predicted molar refractivity (Wildman–Crippen MR) is 112 cm³/mol. The Hall–Kier alpha value is -2.41. The van der Waals surface area contributed by atoms with E-state index in [2.05, 4.69) is 37.6 Å². The molecule has 0 unspecified atom stereocenters. The van der Waals surface area contributed by atoms with Gasteiger partial charge >= 0.3 is 0 Å². The number of nitrogens with zero attached hydrogens (tertiary/aromatic N) is 6. The fraction of sp³-hybridized carbons (Fsp3) is 0.524. The van der Waals surface area contributed by atoms with Gasteiger partial charge in [0.25, 0.3) is 0 Å². The molecule has 2 fully saturated rings. The van der Waals surface area contributed by atoms with Crippen LogP contribution in [0.25, 0.3) is 0 Å². The highest BCUT2D eigenvalue weighted by molar-refractivity contribution is 5.51. The molecule has 0 atom stereocenters. The molecule has 0 spiro atoms. The van der Waals surface area contributed by atoms with Gasteiger partial charge < -0.3 is 19.6 Å². The number of rotatable bonds is 4. The van der Waals surface area contributed by atoms with Crippen molar-refractivity contribution in [3.8, 4) is 0 Å². The summed E-state index contributed by atoms with van der Waals surface area (Å²) < 4.78 is 14.1. The summed E-state index contributed by atoms with van der Waals surface area (Å²) in [5.41, 5.74) is 1.68. The predicted octanol–water partition coefficient (Wildman–Crippen LogP) is 2.39. The first-order valence-corrected chi connectivity index (χ1v) is 10.2. The van der Waals surface area contributed by atoms with Gasteiger partial charge in [-0.1, -0.05) is 19.1 Å². The number of anilines is 3. The maximum Gasteiger partial charge on any atom is 0.227 e. The van der Waals surface area contributed by atoms with Crippen molar-refractivity contribution in [2.45, 2.75) is 13.8 Å². The third-order valence-corrected chi connectivity index (χ3v) is 5.73. The molecular weight excluding hydrogens is 355 g/mol. The van der Waals surface area contributed by atoms with Crippen molar-refractivity contribution >= 4 is 17.5 Å². The van der Waals surface area contributed by atoms with Gasteiger partial charge in [-0.05, 0) is 25.6 Å². The largest absolute Gasteiger partial charge is 0.366 e. The molecule has 4 rings (SSSR count). The normalized spacial score (nSPS) is 18.6. The van der Waals surface area contributed by atoms with Crippen LogP contribution in [0.2, 0.25) is 0 Å². The SMILES string of the molecule is CCN1CCN(c2cc(C)nc(N3CCN(c4ccccc4F)CC3)n2)CC1. The van der Waals surface area contributed by atoms with E-state index >= 15 is 0 Å². The average molecular weight is 385 g/mol. The van der Waals surface area contributed by atoms with Crippen molar-refractivity contribution in [2.75, 3.05) is 73.6 Å². The Morgan fingerprint density at radius 2 is 1.50 bits per heavy atom. The molecule has 2 aromatic rings. The molecule has 0 saturated carbocycles. The maximum absolute atomic E-state index is 14.1. The lowest BCUT2D eigenvalue weighted by Crippen LogP contribution is -2.48. The van der Waals surface area contributed by atoms with Crippen LogP contribution in [0.1, 0.15) is 12.6 Å². The van der Waals surface area contributed by atoms with Crippen LogP contribution >= 0.6 is 0 Å². The van der Waals surface area contributed by atoms with Crippen LogP contribution in [-0.2, 0) is 0 Å². The topological polar surface area (TPSA) is 38.7 Å². The van der Waals surface area contributed by atoms with Gasteiger partial charge in [0.15, 0.2) is 0 Å². The molecule has 150 valence electrons. The number of likely N-dealkylation sites (N-methyl/N-ethyl adjacent to an activating group) is 1. The second-order valence-electron chi connectivity index (χ2n) is 7.51. The molecule has 0 N–H and O–H groups in total. The fourth-order valence-electron chi connectivity index (χ4n) is 3.99. The summed E-state index contributed by atoms with van der Waals surface area (Å²) >= 11 is 0. The van der Waals surface area contributed by atoms with E-state index in [9.17, 15) is 4.39 Å². The van der Waals surface area contributed by atoms with E-state index in [0.717, 1.165) is 76.4 Å². The number of hydrogen-bond acceptors (Lipinski definition) is 6. The van der Waals surface area contributed by atoms with Crippen molar-refractivity contribution in [1.29, 1.82) is 0 Å². The van der Waals surface area contributed by atoms with Gasteiger partial charge in [-0.25, -0.2) is 9.37 Å². The number of halogens is 1. The van der Waals surface area contributed by atoms with Crippen molar-refractivity contribution in [3.63, 3.8) is 0 Å². The zero-order valence-corrected chi connectivity index (χ0v) is 16.8. The molecule has 28 heavy (non-hydrogen) atoms. The molecule has 0 aliphatic carbocycles. The van der Waals surface area contributed by atoms with Crippen molar-refractivity contribution < 1.29 is 4.39 Å². The fourth-order valence-corrected chi connectivity index (χ4v) is 3.99. The van der Waals surface area contributed by atoms with Gasteiger partial charge in [0.2, 0.25) is 5.95 Å². The number of hydrogen-bond donors (Lipinski definition) is 0. The second kappa shape index (κ2) is 8.31. The smallest absolute Gasteiger partial charge is 0.227 e. The van der Waals surface area contributed by atoms with E-state index in [1.807, 2.05) is 19.1 Å². The van der Waals surface area contributed by atoms with Gasteiger partial charge in [0, 0.05) is 64.1 Å². The summed E-state index contributed by atoms with van der Waals surface area (Å²) in [6.45, 7) is 12.6. The Kier molecular flexibility index (Phi) is 5.62. The first-order valence-electron chi connectivity index (χ1n) is 10.2. The zero-order valence-electron chi connectivity index (χ0n) is 16.8. The zero-order chi connectivity index (χ0) is 19.5. The lowest BCUT2D eigenvalue weighted by atomic mass is 10.2. The van der Waals surface area contributed by atoms with E-state index < -0.39 is 0 Å². The van der Waals surface area contributed by atoms with E-state index in [1.165, 1.54) is 6.07 Å². The first-order chi connectivity index (χ1) is 13.6. The summed E-state index contributed by atoms with van der Waals surface area (Å²) in [6.07, 6.45) is 0. The maximum atomic E-state index is 14.1. The molecule has 2 aliphatic heterocycles. The van der Waals surface area contributed by atoms with Crippen molar-refractivity contribution in [3.05, 3.63) is 41.8 Å². The van der Waals surface area contributed by atoms with Gasteiger partial charge in [0.05, 0.1) is 5.69 Å². The van der Waals surface area contributed by atoms with E-state index in [4.69, 9.17) is 4.98 Å². The Balaban J connectivity index is 1.44. The van der Waals surface area contributed by atoms with E-state index in [-0.39, 0.29) is 5.82 Å². The number of aryl methyl sites for hydroxylation is 1. The summed E-state index contributed by atoms with van der Waals surface area (Å²) in [4.78, 5) is 18.7. The van der Waals surface area contributed by atoms with Crippen LogP contribution in [0.15, 0.2) is 30.3 Å². The van der Waals surface area contributed by atoms with Gasteiger partial charge in [-0.15, -0.1) is 0 Å². The number of piperazine rings is 2. The Morgan fingerprint density at radius 3 is 2.18 bits per heavy atom. The monoisotopic (exact) mass is 384 g/mol. The highest BCUT2D eigenvalue weighted by Gasteiger charge is 2.23. The first kappa shape index (κ1) is 18.9. The number of para-hydroxylation sites is 1. The van der Waals surface area contributed by atoms with Crippen LogP contribution < -0.4 is 14.7 Å². The highest BCUT2D eigenvalue weighted by Crippen LogP contribution is 2.23. The Labute approximate surface area is 166 Å². The van der Waals surface area contributed by atoms with Crippen LogP contribution in [0.4, 0.5) is 21.8 Å². The average Bonchev–Trinajstić information content (AvgIpc) is 2.74. The molecular formula is C21H29FN6. The quantitative estimate of drug-likeness (QED) is 0.806. The minimum absolute atomic E-state index is 0.156. The summed E-state index contributed by atoms with van der Waals surface area (Å²) in [7, 11) is 0. The number of aromatic nitrogens is 2. The van der Waals surface area contributed by atoms with Gasteiger partial charge in [-0.3, -0.25) is 0 Å². The van der Waals surface area contributed by atoms with Crippen LogP contribution in [0, 0.1) is 12.7 Å². The lowest BCUT2D eigenvalue weighted by Gasteiger charge is -2.37. The summed E-state index contributed by atoms with van der Waals surface area (Å²) in [5.74, 6) is 1.66. The van der Waals surface area contributed by atoms with Crippen molar-refractivity contribution in [1.82, 2.24) is 14.9 Å². The van der Waals surface area contributed by atoms with Crippen LogP contribution in [-0.4, -0.2) is 73.8 Å². The Bertz CT molecular complexity index is 797. The van der Waals surface area contributed by atoms with E-state index in [0.29, 0.717) is 5.69 Å². The Morgan fingerprint density at radius 1 is 0.857 bits per heavy atom.